The highest BCUT2D eigenvalue weighted by Gasteiger charge is 2.25. The van der Waals surface area contributed by atoms with Crippen LogP contribution in [0.4, 0.5) is 0 Å². The van der Waals surface area contributed by atoms with Gasteiger partial charge in [0.1, 0.15) is 5.76 Å². The van der Waals surface area contributed by atoms with E-state index < -0.39 is 0 Å². The van der Waals surface area contributed by atoms with E-state index in [-0.39, 0.29) is 0 Å². The monoisotopic (exact) mass is 300 g/mol. The van der Waals surface area contributed by atoms with Crippen LogP contribution >= 0.6 is 0 Å². The topological polar surface area (TPSA) is 57.1 Å². The van der Waals surface area contributed by atoms with Crippen LogP contribution in [0.1, 0.15) is 36.3 Å². The van der Waals surface area contributed by atoms with E-state index in [1.54, 1.807) is 6.26 Å². The zero-order chi connectivity index (χ0) is 14.8. The highest BCUT2D eigenvalue weighted by atomic mass is 16.3. The van der Waals surface area contributed by atoms with Gasteiger partial charge in [-0.1, -0.05) is 0 Å². The lowest BCUT2D eigenvalue weighted by atomic mass is 9.92. The van der Waals surface area contributed by atoms with Gasteiger partial charge in [-0.3, -0.25) is 10.00 Å². The Morgan fingerprint density at radius 1 is 1.27 bits per heavy atom. The number of nitrogens with zero attached hydrogens (tertiary/aromatic N) is 2. The predicted octanol–water partition coefficient (Wildman–Crippen LogP) is 2.11. The second-order valence-corrected chi connectivity index (χ2v) is 6.61. The summed E-state index contributed by atoms with van der Waals surface area (Å²) < 4.78 is 5.44. The molecule has 2 aliphatic rings. The van der Waals surface area contributed by atoms with Crippen LogP contribution in [0.2, 0.25) is 0 Å². The van der Waals surface area contributed by atoms with Gasteiger partial charge in [-0.25, -0.2) is 0 Å². The molecule has 1 atom stereocenters. The summed E-state index contributed by atoms with van der Waals surface area (Å²) in [5, 5.41) is 11.2. The van der Waals surface area contributed by atoms with Crippen molar-refractivity contribution in [1.29, 1.82) is 0 Å². The average molecular weight is 300 g/mol. The van der Waals surface area contributed by atoms with Crippen LogP contribution in [0.5, 0.6) is 0 Å². The number of hydrogen-bond acceptors (Lipinski definition) is 4. The third-order valence-corrected chi connectivity index (χ3v) is 5.04. The molecule has 0 spiro atoms. The van der Waals surface area contributed by atoms with Crippen LogP contribution in [0.3, 0.4) is 0 Å². The number of aryl methyl sites for hydroxylation is 1. The Kier molecular flexibility index (Phi) is 3.99. The Hall–Kier alpha value is -1.59. The first-order valence-electron chi connectivity index (χ1n) is 8.39. The second kappa shape index (κ2) is 6.26. The molecule has 2 aromatic rings. The van der Waals surface area contributed by atoms with Crippen molar-refractivity contribution in [3.63, 3.8) is 0 Å². The number of piperidine rings is 1. The first-order valence-corrected chi connectivity index (χ1v) is 8.39. The highest BCUT2D eigenvalue weighted by molar-refractivity contribution is 5.21. The number of fused-ring (bicyclic) bond motifs is 1. The summed E-state index contributed by atoms with van der Waals surface area (Å²) in [5.74, 6) is 1.07. The first kappa shape index (κ1) is 14.0. The van der Waals surface area contributed by atoms with Gasteiger partial charge in [0.2, 0.25) is 0 Å². The lowest BCUT2D eigenvalue weighted by Gasteiger charge is -2.35. The molecule has 1 unspecified atom stereocenters. The molecule has 0 saturated carbocycles. The van der Waals surface area contributed by atoms with E-state index in [2.05, 4.69) is 26.5 Å². The summed E-state index contributed by atoms with van der Waals surface area (Å²) in [6, 6.07) is 5.29. The zero-order valence-corrected chi connectivity index (χ0v) is 12.9. The van der Waals surface area contributed by atoms with E-state index in [0.717, 1.165) is 38.2 Å². The SMILES string of the molecule is c1coc(CN2CCC(NC3CCc4cn[nH]c4C3)CC2)c1. The first-order chi connectivity index (χ1) is 10.9. The number of aromatic nitrogens is 2. The number of likely N-dealkylation sites (tertiary alicyclic amines) is 1. The fourth-order valence-electron chi connectivity index (χ4n) is 3.76. The van der Waals surface area contributed by atoms with Crippen molar-refractivity contribution >= 4 is 0 Å². The van der Waals surface area contributed by atoms with Crippen molar-refractivity contribution in [2.45, 2.75) is 50.7 Å². The maximum absolute atomic E-state index is 5.44. The van der Waals surface area contributed by atoms with E-state index in [1.165, 1.54) is 30.5 Å². The Labute approximate surface area is 131 Å². The molecular weight excluding hydrogens is 276 g/mol. The predicted molar refractivity (Wildman–Crippen MR) is 84.5 cm³/mol. The Bertz CT molecular complexity index is 584. The summed E-state index contributed by atoms with van der Waals surface area (Å²) >= 11 is 0. The van der Waals surface area contributed by atoms with Crippen molar-refractivity contribution in [2.24, 2.45) is 0 Å². The highest BCUT2D eigenvalue weighted by Crippen LogP contribution is 2.21. The van der Waals surface area contributed by atoms with Crippen molar-refractivity contribution < 1.29 is 4.42 Å². The summed E-state index contributed by atoms with van der Waals surface area (Å²) in [6.07, 6.45) is 9.69. The molecule has 1 aliphatic carbocycles. The van der Waals surface area contributed by atoms with Crippen LogP contribution in [-0.2, 0) is 19.4 Å². The van der Waals surface area contributed by atoms with E-state index in [4.69, 9.17) is 4.42 Å². The van der Waals surface area contributed by atoms with Crippen LogP contribution in [0, 0.1) is 0 Å². The van der Waals surface area contributed by atoms with Crippen LogP contribution in [0.15, 0.2) is 29.0 Å². The average Bonchev–Trinajstić information content (AvgIpc) is 3.20. The van der Waals surface area contributed by atoms with Gasteiger partial charge in [-0.2, -0.15) is 5.10 Å². The molecule has 1 saturated heterocycles. The molecule has 1 fully saturated rings. The maximum atomic E-state index is 5.44. The van der Waals surface area contributed by atoms with Crippen molar-refractivity contribution in [3.8, 4) is 0 Å². The van der Waals surface area contributed by atoms with Crippen LogP contribution in [0.25, 0.3) is 0 Å². The fraction of sp³-hybridized carbons (Fsp3) is 0.588. The van der Waals surface area contributed by atoms with E-state index in [9.17, 15) is 0 Å². The molecule has 22 heavy (non-hydrogen) atoms. The molecule has 118 valence electrons. The Balaban J connectivity index is 1.24. The van der Waals surface area contributed by atoms with Gasteiger partial charge < -0.3 is 9.73 Å². The summed E-state index contributed by atoms with van der Waals surface area (Å²) in [6.45, 7) is 3.25. The molecule has 5 nitrogen and oxygen atoms in total. The molecule has 1 aliphatic heterocycles. The van der Waals surface area contributed by atoms with E-state index >= 15 is 0 Å². The van der Waals surface area contributed by atoms with Crippen molar-refractivity contribution in [2.75, 3.05) is 13.1 Å². The minimum Gasteiger partial charge on any atom is -0.468 e. The van der Waals surface area contributed by atoms with Gasteiger partial charge in [-0.05, 0) is 43.4 Å². The van der Waals surface area contributed by atoms with Crippen LogP contribution in [-0.4, -0.2) is 40.3 Å². The molecular formula is C17H24N4O. The smallest absolute Gasteiger partial charge is 0.117 e. The molecule has 3 heterocycles. The van der Waals surface area contributed by atoms with Crippen molar-refractivity contribution in [3.05, 3.63) is 41.6 Å². The third kappa shape index (κ3) is 3.10. The summed E-state index contributed by atoms with van der Waals surface area (Å²) in [4.78, 5) is 2.49. The molecule has 0 radical (unpaired) electrons. The van der Waals surface area contributed by atoms with Gasteiger partial charge in [0.15, 0.2) is 0 Å². The Morgan fingerprint density at radius 2 is 2.18 bits per heavy atom. The number of nitrogens with one attached hydrogen (secondary N) is 2. The van der Waals surface area contributed by atoms with Gasteiger partial charge in [-0.15, -0.1) is 0 Å². The number of aromatic amines is 1. The summed E-state index contributed by atoms with van der Waals surface area (Å²) in [5.41, 5.74) is 2.74. The standard InChI is InChI=1S/C17H24N4O/c1-2-16(22-9-1)12-21-7-5-14(6-8-21)19-15-4-3-13-11-18-20-17(13)10-15/h1-2,9,11,14-15,19H,3-8,10,12H2,(H,18,20). The minimum absolute atomic E-state index is 0.606. The summed E-state index contributed by atoms with van der Waals surface area (Å²) in [7, 11) is 0. The van der Waals surface area contributed by atoms with Gasteiger partial charge >= 0.3 is 0 Å². The molecule has 0 aromatic carbocycles. The van der Waals surface area contributed by atoms with Crippen molar-refractivity contribution in [1.82, 2.24) is 20.4 Å². The third-order valence-electron chi connectivity index (χ3n) is 5.04. The fourth-order valence-corrected chi connectivity index (χ4v) is 3.76. The molecule has 5 heteroatoms. The zero-order valence-electron chi connectivity index (χ0n) is 12.9. The molecule has 2 aromatic heterocycles. The van der Waals surface area contributed by atoms with Crippen LogP contribution < -0.4 is 5.32 Å². The number of hydrogen-bond donors (Lipinski definition) is 2. The van der Waals surface area contributed by atoms with E-state index in [0.29, 0.717) is 12.1 Å². The molecule has 0 bridgehead atoms. The normalized spacial score (nSPS) is 23.5. The number of rotatable bonds is 4. The maximum Gasteiger partial charge on any atom is 0.117 e. The Morgan fingerprint density at radius 3 is 3.00 bits per heavy atom. The second-order valence-electron chi connectivity index (χ2n) is 6.61. The molecule has 2 N–H and O–H groups in total. The lowest BCUT2D eigenvalue weighted by molar-refractivity contribution is 0.171. The minimum atomic E-state index is 0.606. The quantitative estimate of drug-likeness (QED) is 0.908. The largest absolute Gasteiger partial charge is 0.468 e. The molecule has 0 amide bonds. The van der Waals surface area contributed by atoms with Gasteiger partial charge in [0.25, 0.3) is 0 Å². The van der Waals surface area contributed by atoms with Gasteiger partial charge in [0, 0.05) is 37.3 Å². The number of furan rings is 1. The van der Waals surface area contributed by atoms with E-state index in [1.807, 2.05) is 12.3 Å². The lowest BCUT2D eigenvalue weighted by Crippen LogP contribution is -2.47. The molecule has 4 rings (SSSR count). The van der Waals surface area contributed by atoms with Gasteiger partial charge in [0.05, 0.1) is 19.0 Å². The number of H-pyrrole nitrogens is 1.